The number of benzene rings is 3. The van der Waals surface area contributed by atoms with Gasteiger partial charge >= 0.3 is 0 Å². The Hall–Kier alpha value is -4.20. The number of para-hydroxylation sites is 1. The van der Waals surface area contributed by atoms with Gasteiger partial charge in [-0.3, -0.25) is 14.5 Å². The highest BCUT2D eigenvalue weighted by atomic mass is 16.3. The van der Waals surface area contributed by atoms with Crippen LogP contribution in [-0.4, -0.2) is 39.8 Å². The number of allylic oxidation sites excluding steroid dienone is 2. The van der Waals surface area contributed by atoms with Gasteiger partial charge in [0, 0.05) is 17.3 Å². The van der Waals surface area contributed by atoms with E-state index in [9.17, 15) is 24.9 Å². The van der Waals surface area contributed by atoms with E-state index in [0.29, 0.717) is 30.5 Å². The van der Waals surface area contributed by atoms with Gasteiger partial charge in [0.1, 0.15) is 5.75 Å². The number of amides is 2. The normalized spacial score (nSPS) is 21.3. The average molecular weight is 581 g/mol. The van der Waals surface area contributed by atoms with Crippen molar-refractivity contribution in [3.05, 3.63) is 101 Å². The minimum atomic E-state index is -0.835. The van der Waals surface area contributed by atoms with Crippen LogP contribution in [0.4, 0.5) is 17.1 Å². The predicted octanol–water partition coefficient (Wildman–Crippen LogP) is 6.59. The van der Waals surface area contributed by atoms with E-state index in [-0.39, 0.29) is 24.2 Å². The Morgan fingerprint density at radius 2 is 1.63 bits per heavy atom. The maximum Gasteiger partial charge on any atom is 0.238 e. The van der Waals surface area contributed by atoms with Crippen LogP contribution in [-0.2, 0) is 9.59 Å². The summed E-state index contributed by atoms with van der Waals surface area (Å²) < 4.78 is 0. The van der Waals surface area contributed by atoms with E-state index in [1.165, 1.54) is 10.5 Å². The fourth-order valence-electron chi connectivity index (χ4n) is 6.63. The number of aromatic hydroxyl groups is 1. The molecule has 1 saturated heterocycles. The molecule has 3 aromatic carbocycles. The lowest BCUT2D eigenvalue weighted by Crippen LogP contribution is -2.38. The number of aliphatic hydroxyl groups excluding tert-OH is 2. The van der Waals surface area contributed by atoms with Crippen molar-refractivity contribution in [3.8, 4) is 5.75 Å². The molecule has 7 nitrogen and oxygen atoms in total. The predicted molar refractivity (Wildman–Crippen MR) is 170 cm³/mol. The zero-order valence-corrected chi connectivity index (χ0v) is 24.7. The van der Waals surface area contributed by atoms with Crippen molar-refractivity contribution in [1.29, 1.82) is 0 Å². The van der Waals surface area contributed by atoms with Crippen LogP contribution in [0.2, 0.25) is 0 Å². The quantitative estimate of drug-likeness (QED) is 0.150. The first kappa shape index (κ1) is 30.3. The monoisotopic (exact) mass is 580 g/mol. The largest absolute Gasteiger partial charge is 0.508 e. The summed E-state index contributed by atoms with van der Waals surface area (Å²) in [6.07, 6.45) is 4.58. The number of phenols is 1. The van der Waals surface area contributed by atoms with Crippen LogP contribution in [0.3, 0.4) is 0 Å². The topological polar surface area (TPSA) is 110 Å². The second kappa shape index (κ2) is 13.4. The number of hydrogen-bond donors (Lipinski definition) is 4. The third-order valence-corrected chi connectivity index (χ3v) is 8.65. The summed E-state index contributed by atoms with van der Waals surface area (Å²) >= 11 is 0. The summed E-state index contributed by atoms with van der Waals surface area (Å²) in [5, 5.41) is 34.9. The number of hydrogen-bond acceptors (Lipinski definition) is 6. The second-order valence-corrected chi connectivity index (χ2v) is 11.6. The number of nitrogens with one attached hydrogen (secondary N) is 1. The first-order valence-electron chi connectivity index (χ1n) is 15.1. The summed E-state index contributed by atoms with van der Waals surface area (Å²) in [5.74, 6) is -2.26. The zero-order valence-electron chi connectivity index (χ0n) is 24.7. The van der Waals surface area contributed by atoms with E-state index in [1.54, 1.807) is 24.3 Å². The second-order valence-electron chi connectivity index (χ2n) is 11.6. The Balaban J connectivity index is 1.31. The van der Waals surface area contributed by atoms with E-state index in [4.69, 9.17) is 0 Å². The van der Waals surface area contributed by atoms with E-state index in [2.05, 4.69) is 18.3 Å². The van der Waals surface area contributed by atoms with Gasteiger partial charge in [-0.1, -0.05) is 60.9 Å². The number of nitrogens with zero attached hydrogens (tertiary/aromatic N) is 1. The van der Waals surface area contributed by atoms with Crippen LogP contribution in [0, 0.1) is 17.8 Å². The third-order valence-electron chi connectivity index (χ3n) is 8.65. The van der Waals surface area contributed by atoms with Crippen molar-refractivity contribution in [2.24, 2.45) is 17.8 Å². The molecular formula is C36H40N2O5. The van der Waals surface area contributed by atoms with Gasteiger partial charge in [-0.25, -0.2) is 0 Å². The highest BCUT2D eigenvalue weighted by Gasteiger charge is 2.54. The zero-order chi connectivity index (χ0) is 30.5. The summed E-state index contributed by atoms with van der Waals surface area (Å²) in [4.78, 5) is 28.6. The smallest absolute Gasteiger partial charge is 0.238 e. The fourth-order valence-corrected chi connectivity index (χ4v) is 6.63. The molecule has 1 fully saturated rings. The Morgan fingerprint density at radius 3 is 2.28 bits per heavy atom. The average Bonchev–Trinajstić information content (AvgIpc) is 3.25. The number of carbonyl (C=O) groups excluding carboxylic acids is 2. The molecule has 1 aliphatic heterocycles. The molecule has 5 rings (SSSR count). The Kier molecular flexibility index (Phi) is 9.43. The van der Waals surface area contributed by atoms with Crippen molar-refractivity contribution in [2.45, 2.75) is 52.1 Å². The SMILES string of the molecule is CCC/C(=C\c1ccc(O)cc1)CC[C@@H](O)C1=C(C)C[C@H]2C(=O)N(c3ccc(Nc4ccccc4)cc3)C(=O)[C@H]2[C@H]1CO. The van der Waals surface area contributed by atoms with E-state index >= 15 is 0 Å². The molecule has 0 unspecified atom stereocenters. The van der Waals surface area contributed by atoms with E-state index in [1.807, 2.05) is 61.5 Å². The van der Waals surface area contributed by atoms with Gasteiger partial charge in [0.25, 0.3) is 0 Å². The van der Waals surface area contributed by atoms with E-state index < -0.39 is 23.9 Å². The minimum absolute atomic E-state index is 0.216. The van der Waals surface area contributed by atoms with Crippen LogP contribution in [0.15, 0.2) is 95.6 Å². The Morgan fingerprint density at radius 1 is 0.953 bits per heavy atom. The van der Waals surface area contributed by atoms with Crippen molar-refractivity contribution < 1.29 is 24.9 Å². The molecule has 224 valence electrons. The number of imide groups is 1. The Labute approximate surface area is 253 Å². The first-order valence-corrected chi connectivity index (χ1v) is 15.1. The molecule has 0 radical (unpaired) electrons. The molecule has 7 heteroatoms. The van der Waals surface area contributed by atoms with Crippen LogP contribution in [0.5, 0.6) is 5.75 Å². The Bertz CT molecular complexity index is 1490. The molecule has 3 aromatic rings. The maximum atomic E-state index is 13.8. The van der Waals surface area contributed by atoms with Gasteiger partial charge < -0.3 is 20.6 Å². The number of rotatable bonds is 11. The molecule has 43 heavy (non-hydrogen) atoms. The maximum absolute atomic E-state index is 13.8. The molecule has 2 amide bonds. The van der Waals surface area contributed by atoms with Gasteiger partial charge in [0.2, 0.25) is 11.8 Å². The van der Waals surface area contributed by atoms with Crippen molar-refractivity contribution in [3.63, 3.8) is 0 Å². The molecule has 0 spiro atoms. The summed E-state index contributed by atoms with van der Waals surface area (Å²) in [6, 6.07) is 24.0. The lowest BCUT2D eigenvalue weighted by molar-refractivity contribution is -0.123. The number of anilines is 3. The minimum Gasteiger partial charge on any atom is -0.508 e. The number of fused-ring (bicyclic) bond motifs is 1. The molecule has 0 bridgehead atoms. The van der Waals surface area contributed by atoms with Gasteiger partial charge in [0.15, 0.2) is 0 Å². The summed E-state index contributed by atoms with van der Waals surface area (Å²) in [5.41, 5.74) is 6.01. The standard InChI is InChI=1S/C36H40N2O5/c1-3-7-24(21-25-10-17-29(40)18-11-25)12-19-32(41)33-23(2)20-30-34(31(33)22-39)36(43)38(35(30)42)28-15-13-27(14-16-28)37-26-8-5-4-6-9-26/h4-6,8-11,13-18,21,30-32,34,37,39-41H,3,7,12,19-20,22H2,1-2H3/b24-21+/t30-,31+,32-,34-/m1/s1. The van der Waals surface area contributed by atoms with Gasteiger partial charge in [0.05, 0.1) is 30.2 Å². The molecular weight excluding hydrogens is 540 g/mol. The molecule has 4 N–H and O–H groups in total. The first-order chi connectivity index (χ1) is 20.8. The molecule has 1 aliphatic carbocycles. The lowest BCUT2D eigenvalue weighted by Gasteiger charge is -2.35. The van der Waals surface area contributed by atoms with Crippen molar-refractivity contribution in [1.82, 2.24) is 0 Å². The fraction of sp³-hybridized carbons (Fsp3) is 0.333. The van der Waals surface area contributed by atoms with E-state index in [0.717, 1.165) is 35.4 Å². The number of aliphatic hydroxyl groups is 2. The van der Waals surface area contributed by atoms with Crippen LogP contribution >= 0.6 is 0 Å². The lowest BCUT2D eigenvalue weighted by atomic mass is 9.68. The molecule has 1 heterocycles. The van der Waals surface area contributed by atoms with Gasteiger partial charge in [-0.05, 0) is 92.3 Å². The summed E-state index contributed by atoms with van der Waals surface area (Å²) in [6.45, 7) is 3.70. The van der Waals surface area contributed by atoms with Crippen molar-refractivity contribution >= 4 is 35.0 Å². The van der Waals surface area contributed by atoms with Gasteiger partial charge in [-0.2, -0.15) is 0 Å². The number of carbonyl (C=O) groups is 2. The number of phenolic OH excluding ortho intramolecular Hbond substituents is 1. The molecule has 0 saturated carbocycles. The van der Waals surface area contributed by atoms with Crippen LogP contribution in [0.1, 0.15) is 51.5 Å². The molecule has 2 aliphatic rings. The van der Waals surface area contributed by atoms with Crippen LogP contribution < -0.4 is 10.2 Å². The molecule has 0 aromatic heterocycles. The van der Waals surface area contributed by atoms with Crippen LogP contribution in [0.25, 0.3) is 6.08 Å². The highest BCUT2D eigenvalue weighted by Crippen LogP contribution is 2.47. The highest BCUT2D eigenvalue weighted by molar-refractivity contribution is 6.22. The third kappa shape index (κ3) is 6.58. The molecule has 4 atom stereocenters. The summed E-state index contributed by atoms with van der Waals surface area (Å²) in [7, 11) is 0. The van der Waals surface area contributed by atoms with Crippen molar-refractivity contribution in [2.75, 3.05) is 16.8 Å². The van der Waals surface area contributed by atoms with Gasteiger partial charge in [-0.15, -0.1) is 0 Å².